The summed E-state index contributed by atoms with van der Waals surface area (Å²) in [5.41, 5.74) is 0.775. The fourth-order valence-corrected chi connectivity index (χ4v) is 4.54. The van der Waals surface area contributed by atoms with Crippen molar-refractivity contribution in [3.8, 4) is 0 Å². The van der Waals surface area contributed by atoms with E-state index in [9.17, 15) is 19.5 Å². The maximum Gasteiger partial charge on any atom is 0.317 e. The molecule has 34 heavy (non-hydrogen) atoms. The average molecular weight is 510 g/mol. The number of carboxylic acids is 1. The molecule has 1 heterocycles. The molecule has 1 unspecified atom stereocenters. The second-order valence-corrected chi connectivity index (χ2v) is 8.18. The third kappa shape index (κ3) is 7.50. The number of fused-ring (bicyclic) bond motifs is 1. The Balaban J connectivity index is 0.00000408. The zero-order chi connectivity index (χ0) is 23.8. The van der Waals surface area contributed by atoms with Crippen LogP contribution in [0.4, 0.5) is 0 Å². The van der Waals surface area contributed by atoms with Crippen molar-refractivity contribution in [2.24, 2.45) is 0 Å². The SMILES string of the molecule is [CH2-]OC(=O)CN(CC(=O)O)C1CCCC[C@@H]1N(CC(=O)O[CH2-])Cc1cc2ccccc2cn1.[Mn]. The molecular formula is C24H29MnN3O6-2. The minimum atomic E-state index is -1.05. The van der Waals surface area contributed by atoms with Crippen molar-refractivity contribution in [1.29, 1.82) is 0 Å². The smallest absolute Gasteiger partial charge is 0.317 e. The Morgan fingerprint density at radius 1 is 0.941 bits per heavy atom. The molecule has 1 radical (unpaired) electrons. The van der Waals surface area contributed by atoms with E-state index in [1.165, 1.54) is 0 Å². The molecule has 0 spiro atoms. The van der Waals surface area contributed by atoms with Crippen LogP contribution >= 0.6 is 0 Å². The number of hydrogen-bond acceptors (Lipinski definition) is 8. The van der Waals surface area contributed by atoms with Crippen molar-refractivity contribution >= 4 is 28.7 Å². The molecule has 1 N–H and O–H groups in total. The van der Waals surface area contributed by atoms with E-state index >= 15 is 0 Å². The molecule has 10 heteroatoms. The molecule has 2 aromatic rings. The van der Waals surface area contributed by atoms with Crippen molar-refractivity contribution in [3.05, 3.63) is 56.4 Å². The van der Waals surface area contributed by atoms with Crippen LogP contribution in [0, 0.1) is 14.2 Å². The minimum absolute atomic E-state index is 0. The number of carbonyl (C=O) groups is 3. The number of nitrogens with zero attached hydrogens (tertiary/aromatic N) is 3. The van der Waals surface area contributed by atoms with Crippen molar-refractivity contribution in [2.75, 3.05) is 19.6 Å². The number of benzene rings is 1. The largest absolute Gasteiger partial charge is 0.639 e. The first-order chi connectivity index (χ1) is 15.9. The van der Waals surface area contributed by atoms with Gasteiger partial charge in [0.1, 0.15) is 0 Å². The average Bonchev–Trinajstić information content (AvgIpc) is 2.82. The van der Waals surface area contributed by atoms with Gasteiger partial charge in [-0.25, -0.2) is 0 Å². The molecule has 1 fully saturated rings. The Labute approximate surface area is 209 Å². The van der Waals surface area contributed by atoms with E-state index in [1.807, 2.05) is 35.2 Å². The number of rotatable bonds is 10. The fourth-order valence-electron chi connectivity index (χ4n) is 4.54. The standard InChI is InChI=1S/C24H29N3O6.Mn/c1-32-23(30)15-26(13-19-11-17-7-3-4-8-18(17)12-25-19)20-9-5-6-10-21(20)27(14-22(28)29)16-24(31)33-2;/h3-4,7-8,11-12,20-21H,1-2,5-6,9-10,13-16H2,(H,28,29);/q-2;/t20-,21?;/m0./s1. The van der Waals surface area contributed by atoms with E-state index in [4.69, 9.17) is 0 Å². The van der Waals surface area contributed by atoms with Gasteiger partial charge in [0.15, 0.2) is 0 Å². The maximum absolute atomic E-state index is 12.2. The summed E-state index contributed by atoms with van der Waals surface area (Å²) >= 11 is 0. The summed E-state index contributed by atoms with van der Waals surface area (Å²) < 4.78 is 9.22. The number of carbonyl (C=O) groups excluding carboxylic acids is 2. The summed E-state index contributed by atoms with van der Waals surface area (Å²) in [4.78, 5) is 43.8. The number of esters is 2. The van der Waals surface area contributed by atoms with E-state index < -0.39 is 17.9 Å². The Morgan fingerprint density at radius 3 is 2.09 bits per heavy atom. The van der Waals surface area contributed by atoms with Crippen LogP contribution in [0.15, 0.2) is 36.5 Å². The van der Waals surface area contributed by atoms with Crippen LogP contribution in [0.25, 0.3) is 10.8 Å². The van der Waals surface area contributed by atoms with Crippen molar-refractivity contribution in [1.82, 2.24) is 14.8 Å². The van der Waals surface area contributed by atoms with Crippen LogP contribution in [0.1, 0.15) is 31.4 Å². The van der Waals surface area contributed by atoms with E-state index in [0.29, 0.717) is 13.0 Å². The first kappa shape index (κ1) is 27.7. The van der Waals surface area contributed by atoms with Crippen LogP contribution in [-0.2, 0) is 47.5 Å². The second kappa shape index (κ2) is 13.4. The first-order valence-electron chi connectivity index (χ1n) is 10.8. The van der Waals surface area contributed by atoms with Crippen molar-refractivity contribution in [3.63, 3.8) is 0 Å². The number of hydrogen-bond donors (Lipinski definition) is 1. The summed E-state index contributed by atoms with van der Waals surface area (Å²) in [6.45, 7) is -0.182. The number of pyridine rings is 1. The summed E-state index contributed by atoms with van der Waals surface area (Å²) in [6.07, 6.45) is 5.02. The van der Waals surface area contributed by atoms with E-state index in [1.54, 1.807) is 11.1 Å². The molecule has 1 aliphatic carbocycles. The van der Waals surface area contributed by atoms with Gasteiger partial charge in [0, 0.05) is 47.3 Å². The number of aliphatic carboxylic acids is 1. The molecule has 1 aromatic carbocycles. The van der Waals surface area contributed by atoms with Gasteiger partial charge in [-0.15, -0.1) is 0 Å². The number of ether oxygens (including phenoxy) is 2. The van der Waals surface area contributed by atoms with E-state index in [0.717, 1.165) is 35.7 Å². The molecule has 9 nitrogen and oxygen atoms in total. The second-order valence-electron chi connectivity index (χ2n) is 8.18. The minimum Gasteiger partial charge on any atom is -0.639 e. The van der Waals surface area contributed by atoms with Crippen molar-refractivity contribution in [2.45, 2.75) is 44.3 Å². The zero-order valence-corrected chi connectivity index (χ0v) is 20.1. The van der Waals surface area contributed by atoms with Gasteiger partial charge < -0.3 is 14.6 Å². The third-order valence-electron chi connectivity index (χ3n) is 6.01. The van der Waals surface area contributed by atoms with Crippen LogP contribution < -0.4 is 0 Å². The monoisotopic (exact) mass is 510 g/mol. The molecule has 1 aromatic heterocycles. The predicted octanol–water partition coefficient (Wildman–Crippen LogP) is 2.40. The van der Waals surface area contributed by atoms with E-state index in [2.05, 4.69) is 28.7 Å². The molecule has 0 bridgehead atoms. The van der Waals surface area contributed by atoms with Gasteiger partial charge in [0.05, 0.1) is 25.3 Å². The predicted molar refractivity (Wildman–Crippen MR) is 120 cm³/mol. The molecule has 1 saturated carbocycles. The molecule has 3 rings (SSSR count). The van der Waals surface area contributed by atoms with Crippen LogP contribution in [-0.4, -0.2) is 69.5 Å². The van der Waals surface area contributed by atoms with Crippen molar-refractivity contribution < 1.29 is 46.0 Å². The van der Waals surface area contributed by atoms with Crippen LogP contribution in [0.3, 0.4) is 0 Å². The summed E-state index contributed by atoms with van der Waals surface area (Å²) in [6, 6.07) is 9.39. The quantitative estimate of drug-likeness (QED) is 0.293. The summed E-state index contributed by atoms with van der Waals surface area (Å²) in [7, 11) is 6.37. The molecule has 0 aliphatic heterocycles. The van der Waals surface area contributed by atoms with Gasteiger partial charge >= 0.3 is 5.97 Å². The Bertz CT molecular complexity index is 988. The molecule has 0 saturated heterocycles. The molecule has 2 atom stereocenters. The maximum atomic E-state index is 12.2. The molecule has 1 aliphatic rings. The summed E-state index contributed by atoms with van der Waals surface area (Å²) in [5.74, 6) is -2.15. The van der Waals surface area contributed by atoms with Gasteiger partial charge in [-0.1, -0.05) is 37.1 Å². The number of aromatic nitrogens is 1. The molecule has 185 valence electrons. The Kier molecular flexibility index (Phi) is 10.9. The molecule has 0 amide bonds. The van der Waals surface area contributed by atoms with Gasteiger partial charge in [-0.05, 0) is 24.3 Å². The fraction of sp³-hybridized carbons (Fsp3) is 0.417. The summed E-state index contributed by atoms with van der Waals surface area (Å²) in [5, 5.41) is 11.5. The van der Waals surface area contributed by atoms with Gasteiger partial charge in [0.25, 0.3) is 11.9 Å². The van der Waals surface area contributed by atoms with Crippen LogP contribution in [0.2, 0.25) is 0 Å². The van der Waals surface area contributed by atoms with Crippen LogP contribution in [0.5, 0.6) is 0 Å². The third-order valence-corrected chi connectivity index (χ3v) is 6.01. The Morgan fingerprint density at radius 2 is 1.50 bits per heavy atom. The zero-order valence-electron chi connectivity index (χ0n) is 18.9. The van der Waals surface area contributed by atoms with E-state index in [-0.39, 0.29) is 48.8 Å². The van der Waals surface area contributed by atoms with Gasteiger partial charge in [-0.3, -0.25) is 29.2 Å². The number of carboxylic acid groups (broad SMARTS) is 1. The normalized spacial score (nSPS) is 17.9. The van der Waals surface area contributed by atoms with Gasteiger partial charge in [-0.2, -0.15) is 14.2 Å². The topological polar surface area (TPSA) is 109 Å². The molecular weight excluding hydrogens is 481 g/mol. The van der Waals surface area contributed by atoms with Gasteiger partial charge in [0.2, 0.25) is 0 Å². The Hall–Kier alpha value is -2.52. The first-order valence-corrected chi connectivity index (χ1v) is 10.8.